The van der Waals surface area contributed by atoms with Crippen molar-refractivity contribution in [2.45, 2.75) is 13.1 Å². The Morgan fingerprint density at radius 3 is 2.27 bits per heavy atom. The predicted molar refractivity (Wildman–Crippen MR) is 52.2 cm³/mol. The molecule has 0 aliphatic rings. The molecule has 84 valence electrons. The lowest BCUT2D eigenvalue weighted by molar-refractivity contribution is -0.116. The van der Waals surface area contributed by atoms with Crippen LogP contribution < -0.4 is 5.32 Å². The van der Waals surface area contributed by atoms with Crippen LogP contribution in [-0.4, -0.2) is 19.1 Å². The van der Waals surface area contributed by atoms with Gasteiger partial charge in [0.2, 0.25) is 5.91 Å². The van der Waals surface area contributed by atoms with Gasteiger partial charge in [0, 0.05) is 12.6 Å². The normalized spacial score (nSPS) is 13.0. The summed E-state index contributed by atoms with van der Waals surface area (Å²) in [5, 5.41) is 2.19. The summed E-state index contributed by atoms with van der Waals surface area (Å²) in [6.07, 6.45) is -1.65. The van der Waals surface area contributed by atoms with Crippen molar-refractivity contribution < 1.29 is 18.0 Å². The molecule has 0 radical (unpaired) electrons. The third kappa shape index (κ3) is 4.49. The highest BCUT2D eigenvalue weighted by Crippen LogP contribution is 2.27. The van der Waals surface area contributed by atoms with Gasteiger partial charge in [0.1, 0.15) is 0 Å². The summed E-state index contributed by atoms with van der Waals surface area (Å²) in [7, 11) is 1.32. The highest BCUT2D eigenvalue weighted by Gasteiger charge is 2.31. The topological polar surface area (TPSA) is 29.1 Å². The molecule has 0 rings (SSSR count). The molecule has 0 aromatic carbocycles. The fraction of sp³-hybridized carbons (Fsp3) is 0.300. The van der Waals surface area contributed by atoms with Gasteiger partial charge < -0.3 is 5.32 Å². The minimum absolute atomic E-state index is 0.233. The van der Waals surface area contributed by atoms with E-state index in [2.05, 4.69) is 11.9 Å². The highest BCUT2D eigenvalue weighted by atomic mass is 19.4. The van der Waals surface area contributed by atoms with Gasteiger partial charge in [-0.15, -0.1) is 0 Å². The number of carbonyl (C=O) groups excluding carboxylic acids is 1. The number of nitrogens with one attached hydrogen (secondary N) is 1. The first-order valence-corrected chi connectivity index (χ1v) is 4.15. The highest BCUT2D eigenvalue weighted by molar-refractivity contribution is 5.95. The molecule has 1 amide bonds. The van der Waals surface area contributed by atoms with Crippen molar-refractivity contribution in [1.29, 1.82) is 0 Å². The molecule has 1 N–H and O–H groups in total. The van der Waals surface area contributed by atoms with E-state index < -0.39 is 17.7 Å². The molecule has 0 saturated heterocycles. The van der Waals surface area contributed by atoms with E-state index in [1.165, 1.54) is 20.0 Å². The lowest BCUT2D eigenvalue weighted by Crippen LogP contribution is -2.19. The van der Waals surface area contributed by atoms with Gasteiger partial charge in [-0.1, -0.05) is 18.7 Å². The van der Waals surface area contributed by atoms with Crippen LogP contribution in [0.25, 0.3) is 0 Å². The number of amides is 1. The first-order valence-electron chi connectivity index (χ1n) is 4.15. The quantitative estimate of drug-likeness (QED) is 0.573. The zero-order valence-electron chi connectivity index (χ0n) is 8.48. The second-order valence-electron chi connectivity index (χ2n) is 2.70. The first kappa shape index (κ1) is 13.5. The molecule has 0 aliphatic heterocycles. The Kier molecular flexibility index (Phi) is 4.84. The molecule has 0 fully saturated rings. The number of alkyl halides is 3. The zero-order valence-corrected chi connectivity index (χ0v) is 8.48. The lowest BCUT2D eigenvalue weighted by atomic mass is 10.1. The van der Waals surface area contributed by atoms with Crippen molar-refractivity contribution >= 4 is 5.91 Å². The van der Waals surface area contributed by atoms with Gasteiger partial charge >= 0.3 is 6.18 Å². The Morgan fingerprint density at radius 1 is 1.40 bits per heavy atom. The zero-order chi connectivity index (χ0) is 12.1. The van der Waals surface area contributed by atoms with Crippen LogP contribution >= 0.6 is 0 Å². The van der Waals surface area contributed by atoms with Gasteiger partial charge in [-0.3, -0.25) is 4.79 Å². The number of carbonyl (C=O) groups is 1. The molecule has 0 spiro atoms. The van der Waals surface area contributed by atoms with Gasteiger partial charge in [-0.2, -0.15) is 13.2 Å². The predicted octanol–water partition coefficient (Wildman–Crippen LogP) is 2.35. The Bertz CT molecular complexity index is 313. The van der Waals surface area contributed by atoms with Gasteiger partial charge in [0.05, 0.1) is 5.57 Å². The van der Waals surface area contributed by atoms with Crippen molar-refractivity contribution in [3.8, 4) is 0 Å². The lowest BCUT2D eigenvalue weighted by Gasteiger charge is -2.08. The van der Waals surface area contributed by atoms with Crippen LogP contribution in [0, 0.1) is 0 Å². The van der Waals surface area contributed by atoms with E-state index in [0.717, 1.165) is 6.08 Å². The average Bonchev–Trinajstić information content (AvgIpc) is 2.14. The van der Waals surface area contributed by atoms with Gasteiger partial charge in [0.25, 0.3) is 0 Å². The van der Waals surface area contributed by atoms with Crippen LogP contribution in [0.4, 0.5) is 13.2 Å². The van der Waals surface area contributed by atoms with Gasteiger partial charge in [-0.05, 0) is 13.0 Å². The van der Waals surface area contributed by atoms with Crippen LogP contribution in [-0.2, 0) is 4.79 Å². The summed E-state index contributed by atoms with van der Waals surface area (Å²) < 4.78 is 37.0. The second-order valence-corrected chi connectivity index (χ2v) is 2.70. The van der Waals surface area contributed by atoms with E-state index in [1.807, 2.05) is 0 Å². The summed E-state index contributed by atoms with van der Waals surface area (Å²) >= 11 is 0. The van der Waals surface area contributed by atoms with E-state index in [4.69, 9.17) is 0 Å². The molecular formula is C10H12F3NO. The summed E-state index contributed by atoms with van der Waals surface area (Å²) in [4.78, 5) is 10.9. The fourth-order valence-corrected chi connectivity index (χ4v) is 0.818. The SMILES string of the molecule is C=C(/C=C(\C=C/C)C(F)(F)F)C(=O)NC. The Hall–Kier alpha value is -1.52. The molecule has 5 heteroatoms. The third-order valence-electron chi connectivity index (χ3n) is 1.52. The van der Waals surface area contributed by atoms with Gasteiger partial charge in [0.15, 0.2) is 0 Å². The Balaban J connectivity index is 5.02. The third-order valence-corrected chi connectivity index (χ3v) is 1.52. The molecule has 15 heavy (non-hydrogen) atoms. The molecule has 0 bridgehead atoms. The summed E-state index contributed by atoms with van der Waals surface area (Å²) in [6.45, 7) is 4.70. The van der Waals surface area contributed by atoms with Crippen molar-refractivity contribution in [3.05, 3.63) is 36.0 Å². The summed E-state index contributed by atoms with van der Waals surface area (Å²) in [6, 6.07) is 0. The van der Waals surface area contributed by atoms with E-state index in [1.54, 1.807) is 0 Å². The van der Waals surface area contributed by atoms with Crippen molar-refractivity contribution in [3.63, 3.8) is 0 Å². The van der Waals surface area contributed by atoms with Crippen LogP contribution in [0.3, 0.4) is 0 Å². The monoisotopic (exact) mass is 219 g/mol. The van der Waals surface area contributed by atoms with Gasteiger partial charge in [-0.25, -0.2) is 0 Å². The minimum Gasteiger partial charge on any atom is -0.355 e. The number of allylic oxidation sites excluding steroid dienone is 3. The molecule has 0 aliphatic carbocycles. The van der Waals surface area contributed by atoms with E-state index in [0.29, 0.717) is 6.08 Å². The summed E-state index contributed by atoms with van der Waals surface area (Å²) in [5.41, 5.74) is -1.14. The smallest absolute Gasteiger partial charge is 0.355 e. The van der Waals surface area contributed by atoms with E-state index in [-0.39, 0.29) is 5.57 Å². The van der Waals surface area contributed by atoms with Crippen LogP contribution in [0.5, 0.6) is 0 Å². The van der Waals surface area contributed by atoms with Crippen LogP contribution in [0.1, 0.15) is 6.92 Å². The molecule has 0 aromatic rings. The van der Waals surface area contributed by atoms with Crippen molar-refractivity contribution in [1.82, 2.24) is 5.32 Å². The molecular weight excluding hydrogens is 207 g/mol. The number of halogens is 3. The molecule has 0 unspecified atom stereocenters. The van der Waals surface area contributed by atoms with Crippen LogP contribution in [0.15, 0.2) is 36.0 Å². The van der Waals surface area contributed by atoms with Crippen molar-refractivity contribution in [2.24, 2.45) is 0 Å². The Morgan fingerprint density at radius 2 is 1.93 bits per heavy atom. The maximum atomic E-state index is 12.3. The number of hydrogen-bond donors (Lipinski definition) is 1. The fourth-order valence-electron chi connectivity index (χ4n) is 0.818. The molecule has 2 nitrogen and oxygen atoms in total. The molecule has 0 aromatic heterocycles. The standard InChI is InChI=1S/C10H12F3NO/c1-4-5-8(10(11,12)13)6-7(2)9(15)14-3/h4-6H,2H2,1,3H3,(H,14,15)/b5-4-,8-6+. The average molecular weight is 219 g/mol. The molecule has 0 heterocycles. The molecule has 0 saturated carbocycles. The van der Waals surface area contributed by atoms with E-state index >= 15 is 0 Å². The van der Waals surface area contributed by atoms with Crippen LogP contribution in [0.2, 0.25) is 0 Å². The largest absolute Gasteiger partial charge is 0.416 e. The Labute approximate surface area is 86.2 Å². The second kappa shape index (κ2) is 5.38. The maximum Gasteiger partial charge on any atom is 0.416 e. The van der Waals surface area contributed by atoms with Crippen molar-refractivity contribution in [2.75, 3.05) is 7.05 Å². The summed E-state index contributed by atoms with van der Waals surface area (Å²) in [5.74, 6) is -0.638. The minimum atomic E-state index is -4.48. The first-order chi connectivity index (χ1) is 6.82. The van der Waals surface area contributed by atoms with E-state index in [9.17, 15) is 18.0 Å². The maximum absolute atomic E-state index is 12.3. The number of hydrogen-bond acceptors (Lipinski definition) is 1. The number of rotatable bonds is 3. The number of likely N-dealkylation sites (N-methyl/N-ethyl adjacent to an activating group) is 1. The molecule has 0 atom stereocenters.